The molecule has 1 atom stereocenters. The number of rotatable bonds is 5. The van der Waals surface area contributed by atoms with Crippen molar-refractivity contribution in [1.29, 1.82) is 0 Å². The van der Waals surface area contributed by atoms with Crippen LogP contribution in [0.5, 0.6) is 0 Å². The Labute approximate surface area is 124 Å². The fourth-order valence-electron chi connectivity index (χ4n) is 2.11. The second kappa shape index (κ2) is 6.08. The van der Waals surface area contributed by atoms with E-state index in [0.29, 0.717) is 12.0 Å². The molecule has 1 amide bonds. The Morgan fingerprint density at radius 3 is 2.37 bits per heavy atom. The summed E-state index contributed by atoms with van der Waals surface area (Å²) in [4.78, 5) is 14.5. The van der Waals surface area contributed by atoms with Crippen molar-refractivity contribution in [3.8, 4) is 0 Å². The predicted molar refractivity (Wildman–Crippen MR) is 82.3 cm³/mol. The number of hydrogen-bond acceptors (Lipinski definition) is 1. The summed E-state index contributed by atoms with van der Waals surface area (Å²) < 4.78 is 0. The summed E-state index contributed by atoms with van der Waals surface area (Å²) in [7, 11) is 0. The average molecular weight is 324 g/mol. The maximum atomic E-state index is 12.5. The molecular weight excluding hydrogens is 302 g/mol. The molecule has 1 aliphatic carbocycles. The minimum atomic E-state index is -0.0708. The highest BCUT2D eigenvalue weighted by atomic mass is 79.9. The number of halogens is 1. The number of alkyl halides is 1. The Bertz CT molecular complexity index is 437. The lowest BCUT2D eigenvalue weighted by atomic mass is 10.1. The van der Waals surface area contributed by atoms with Crippen LogP contribution in [0.2, 0.25) is 0 Å². The summed E-state index contributed by atoms with van der Waals surface area (Å²) in [5, 5.41) is 0. The smallest absolute Gasteiger partial charge is 0.237 e. The molecule has 1 unspecified atom stereocenters. The molecule has 0 spiro atoms. The van der Waals surface area contributed by atoms with Crippen LogP contribution in [0.1, 0.15) is 37.8 Å². The van der Waals surface area contributed by atoms with Gasteiger partial charge in [-0.05, 0) is 31.2 Å². The van der Waals surface area contributed by atoms with E-state index >= 15 is 0 Å². The van der Waals surface area contributed by atoms with Crippen molar-refractivity contribution < 1.29 is 4.79 Å². The van der Waals surface area contributed by atoms with Crippen LogP contribution in [-0.2, 0) is 11.3 Å². The highest BCUT2D eigenvalue weighted by Crippen LogP contribution is 2.31. The van der Waals surface area contributed by atoms with Crippen molar-refractivity contribution in [3.63, 3.8) is 0 Å². The molecule has 19 heavy (non-hydrogen) atoms. The standard InChI is InChI=1S/C16H22BrNO/c1-11(2)15(17)16(19)18(14-8-9-14)10-13-6-4-12(3)5-7-13/h4-7,11,14-15H,8-10H2,1-3H3. The lowest BCUT2D eigenvalue weighted by Gasteiger charge is -2.26. The van der Waals surface area contributed by atoms with Crippen LogP contribution in [0.25, 0.3) is 0 Å². The Kier molecular flexibility index (Phi) is 4.67. The van der Waals surface area contributed by atoms with Crippen LogP contribution in [-0.4, -0.2) is 21.7 Å². The van der Waals surface area contributed by atoms with E-state index in [1.165, 1.54) is 11.1 Å². The first-order chi connectivity index (χ1) is 8.99. The molecule has 1 aliphatic rings. The van der Waals surface area contributed by atoms with Gasteiger partial charge in [0.2, 0.25) is 5.91 Å². The summed E-state index contributed by atoms with van der Waals surface area (Å²) in [6.07, 6.45) is 2.30. The van der Waals surface area contributed by atoms with Gasteiger partial charge >= 0.3 is 0 Å². The molecule has 1 fully saturated rings. The van der Waals surface area contributed by atoms with E-state index in [0.717, 1.165) is 19.4 Å². The lowest BCUT2D eigenvalue weighted by Crippen LogP contribution is -2.39. The van der Waals surface area contributed by atoms with Crippen molar-refractivity contribution in [2.45, 2.75) is 51.0 Å². The van der Waals surface area contributed by atoms with Gasteiger partial charge in [0.05, 0.1) is 4.83 Å². The van der Waals surface area contributed by atoms with Crippen LogP contribution in [0.3, 0.4) is 0 Å². The van der Waals surface area contributed by atoms with E-state index in [9.17, 15) is 4.79 Å². The van der Waals surface area contributed by atoms with Gasteiger partial charge in [-0.1, -0.05) is 59.6 Å². The minimum Gasteiger partial charge on any atom is -0.334 e. The van der Waals surface area contributed by atoms with Crippen molar-refractivity contribution in [3.05, 3.63) is 35.4 Å². The number of amides is 1. The van der Waals surface area contributed by atoms with Gasteiger partial charge in [0.15, 0.2) is 0 Å². The fourth-order valence-corrected chi connectivity index (χ4v) is 2.37. The zero-order chi connectivity index (χ0) is 14.0. The highest BCUT2D eigenvalue weighted by molar-refractivity contribution is 9.10. The molecule has 0 aliphatic heterocycles. The minimum absolute atomic E-state index is 0.0708. The molecule has 1 saturated carbocycles. The third kappa shape index (κ3) is 3.82. The Balaban J connectivity index is 2.08. The fraction of sp³-hybridized carbons (Fsp3) is 0.562. The van der Waals surface area contributed by atoms with Crippen molar-refractivity contribution in [2.24, 2.45) is 5.92 Å². The highest BCUT2D eigenvalue weighted by Gasteiger charge is 2.35. The first-order valence-electron chi connectivity index (χ1n) is 6.99. The van der Waals surface area contributed by atoms with E-state index in [-0.39, 0.29) is 10.7 Å². The van der Waals surface area contributed by atoms with Crippen molar-refractivity contribution in [1.82, 2.24) is 4.90 Å². The third-order valence-electron chi connectivity index (χ3n) is 3.57. The second-order valence-corrected chi connectivity index (χ2v) is 6.82. The van der Waals surface area contributed by atoms with Gasteiger partial charge in [-0.2, -0.15) is 0 Å². The zero-order valence-electron chi connectivity index (χ0n) is 11.9. The molecule has 0 radical (unpaired) electrons. The quantitative estimate of drug-likeness (QED) is 0.752. The van der Waals surface area contributed by atoms with Gasteiger partial charge < -0.3 is 4.90 Å². The largest absolute Gasteiger partial charge is 0.334 e. The number of nitrogens with zero attached hydrogens (tertiary/aromatic N) is 1. The van der Waals surface area contributed by atoms with Crippen molar-refractivity contribution >= 4 is 21.8 Å². The molecule has 2 rings (SSSR count). The van der Waals surface area contributed by atoms with E-state index in [4.69, 9.17) is 0 Å². The number of carbonyl (C=O) groups excluding carboxylic acids is 1. The summed E-state index contributed by atoms with van der Waals surface area (Å²) in [6.45, 7) is 6.97. The molecule has 3 heteroatoms. The van der Waals surface area contributed by atoms with Crippen LogP contribution < -0.4 is 0 Å². The number of benzene rings is 1. The van der Waals surface area contributed by atoms with Crippen LogP contribution in [0, 0.1) is 12.8 Å². The molecule has 0 bridgehead atoms. The summed E-state index contributed by atoms with van der Waals surface area (Å²) in [5.41, 5.74) is 2.47. The van der Waals surface area contributed by atoms with Gasteiger partial charge in [0.1, 0.15) is 0 Å². The van der Waals surface area contributed by atoms with Gasteiger partial charge in [-0.3, -0.25) is 4.79 Å². The van der Waals surface area contributed by atoms with Gasteiger partial charge in [-0.25, -0.2) is 0 Å². The van der Waals surface area contributed by atoms with Crippen LogP contribution >= 0.6 is 15.9 Å². The van der Waals surface area contributed by atoms with E-state index in [1.807, 2.05) is 4.90 Å². The van der Waals surface area contributed by atoms with E-state index in [2.05, 4.69) is 61.0 Å². The van der Waals surface area contributed by atoms with E-state index < -0.39 is 0 Å². The predicted octanol–water partition coefficient (Wildman–Crippen LogP) is 3.91. The first-order valence-corrected chi connectivity index (χ1v) is 7.90. The van der Waals surface area contributed by atoms with Gasteiger partial charge in [-0.15, -0.1) is 0 Å². The van der Waals surface area contributed by atoms with Crippen LogP contribution in [0.15, 0.2) is 24.3 Å². The Hall–Kier alpha value is -0.830. The summed E-state index contributed by atoms with van der Waals surface area (Å²) >= 11 is 3.54. The third-order valence-corrected chi connectivity index (χ3v) is 5.01. The molecule has 2 nitrogen and oxygen atoms in total. The van der Waals surface area contributed by atoms with Crippen molar-refractivity contribution in [2.75, 3.05) is 0 Å². The molecule has 0 N–H and O–H groups in total. The maximum absolute atomic E-state index is 12.5. The molecular formula is C16H22BrNO. The van der Waals surface area contributed by atoms with Gasteiger partial charge in [0.25, 0.3) is 0 Å². The normalized spacial score (nSPS) is 16.5. The monoisotopic (exact) mass is 323 g/mol. The summed E-state index contributed by atoms with van der Waals surface area (Å²) in [5.74, 6) is 0.560. The number of aryl methyl sites for hydroxylation is 1. The van der Waals surface area contributed by atoms with Gasteiger partial charge in [0, 0.05) is 12.6 Å². The topological polar surface area (TPSA) is 20.3 Å². The Morgan fingerprint density at radius 1 is 1.32 bits per heavy atom. The molecule has 0 aromatic heterocycles. The molecule has 1 aromatic carbocycles. The second-order valence-electron chi connectivity index (χ2n) is 5.83. The number of hydrogen-bond donors (Lipinski definition) is 0. The molecule has 0 heterocycles. The summed E-state index contributed by atoms with van der Waals surface area (Å²) in [6, 6.07) is 8.91. The number of carbonyl (C=O) groups is 1. The maximum Gasteiger partial charge on any atom is 0.237 e. The molecule has 1 aromatic rings. The first kappa shape index (κ1) is 14.6. The van der Waals surface area contributed by atoms with Crippen LogP contribution in [0.4, 0.5) is 0 Å². The average Bonchev–Trinajstić information content (AvgIpc) is 3.20. The molecule has 0 saturated heterocycles. The zero-order valence-corrected chi connectivity index (χ0v) is 13.5. The SMILES string of the molecule is Cc1ccc(CN(C(=O)C(Br)C(C)C)C2CC2)cc1. The lowest BCUT2D eigenvalue weighted by molar-refractivity contribution is -0.132. The Morgan fingerprint density at radius 2 is 1.89 bits per heavy atom. The molecule has 104 valence electrons. The van der Waals surface area contributed by atoms with E-state index in [1.54, 1.807) is 0 Å².